The molecular formula is C16H18N6O2. The van der Waals surface area contributed by atoms with Gasteiger partial charge in [-0.15, -0.1) is 0 Å². The number of aryl methyl sites for hydroxylation is 1. The standard InChI is InChI=1S/C16H18N6O2/c1-5-22-14-12(15(23)21(4)16(24)18-14)17-13(19-22)10-6-8-11(9-7-10)20(2)3/h6-9H,5H2,1-4H3. The number of fused-ring (bicyclic) bond motifs is 1. The Morgan fingerprint density at radius 2 is 1.75 bits per heavy atom. The van der Waals surface area contributed by atoms with Crippen LogP contribution < -0.4 is 16.1 Å². The van der Waals surface area contributed by atoms with Crippen LogP contribution in [-0.2, 0) is 13.6 Å². The average Bonchev–Trinajstić information content (AvgIpc) is 2.59. The molecule has 2 aliphatic rings. The van der Waals surface area contributed by atoms with Crippen LogP contribution in [0.15, 0.2) is 33.9 Å². The van der Waals surface area contributed by atoms with E-state index in [1.54, 1.807) is 0 Å². The lowest BCUT2D eigenvalue weighted by Gasteiger charge is -2.14. The van der Waals surface area contributed by atoms with E-state index in [0.717, 1.165) is 15.8 Å². The molecule has 8 nitrogen and oxygen atoms in total. The third kappa shape index (κ3) is 2.55. The first-order chi connectivity index (χ1) is 11.4. The molecule has 2 aliphatic heterocycles. The second-order valence-corrected chi connectivity index (χ2v) is 5.62. The van der Waals surface area contributed by atoms with Gasteiger partial charge in [0.25, 0.3) is 5.56 Å². The fourth-order valence-corrected chi connectivity index (χ4v) is 2.38. The maximum Gasteiger partial charge on any atom is 0.352 e. The summed E-state index contributed by atoms with van der Waals surface area (Å²) in [6.45, 7) is 2.34. The summed E-state index contributed by atoms with van der Waals surface area (Å²) in [6, 6.07) is 7.71. The summed E-state index contributed by atoms with van der Waals surface area (Å²) in [6.07, 6.45) is 0. The maximum absolute atomic E-state index is 12.4. The summed E-state index contributed by atoms with van der Waals surface area (Å²) in [5.74, 6) is 0.631. The number of benzene rings is 1. The van der Waals surface area contributed by atoms with Crippen LogP contribution in [0.25, 0.3) is 22.9 Å². The molecule has 0 N–H and O–H groups in total. The van der Waals surface area contributed by atoms with E-state index >= 15 is 0 Å². The molecule has 0 saturated heterocycles. The quantitative estimate of drug-likeness (QED) is 0.700. The van der Waals surface area contributed by atoms with E-state index < -0.39 is 11.2 Å². The van der Waals surface area contributed by atoms with Gasteiger partial charge >= 0.3 is 5.69 Å². The van der Waals surface area contributed by atoms with Gasteiger partial charge in [0.15, 0.2) is 17.3 Å². The fraction of sp³-hybridized carbons (Fsp3) is 0.312. The van der Waals surface area contributed by atoms with Crippen molar-refractivity contribution in [3.05, 3.63) is 45.1 Å². The highest BCUT2D eigenvalue weighted by Crippen LogP contribution is 2.21. The van der Waals surface area contributed by atoms with E-state index in [4.69, 9.17) is 0 Å². The zero-order valence-electron chi connectivity index (χ0n) is 14.0. The molecule has 0 aromatic heterocycles. The molecule has 0 bridgehead atoms. The molecule has 1 aromatic carbocycles. The minimum atomic E-state index is -0.610. The van der Waals surface area contributed by atoms with Crippen molar-refractivity contribution in [3.8, 4) is 22.9 Å². The van der Waals surface area contributed by atoms with Crippen molar-refractivity contribution < 1.29 is 0 Å². The highest BCUT2D eigenvalue weighted by Gasteiger charge is 2.20. The van der Waals surface area contributed by atoms with Crippen molar-refractivity contribution >= 4 is 5.69 Å². The Morgan fingerprint density at radius 1 is 1.08 bits per heavy atom. The van der Waals surface area contributed by atoms with Crippen LogP contribution in [0.3, 0.4) is 0 Å². The Morgan fingerprint density at radius 3 is 2.33 bits per heavy atom. The van der Waals surface area contributed by atoms with E-state index in [2.05, 4.69) is 15.1 Å². The predicted molar refractivity (Wildman–Crippen MR) is 91.4 cm³/mol. The molecule has 1 aromatic rings. The summed E-state index contributed by atoms with van der Waals surface area (Å²) >= 11 is 0. The Hall–Kier alpha value is -3.03. The van der Waals surface area contributed by atoms with Crippen LogP contribution in [0.1, 0.15) is 6.92 Å². The van der Waals surface area contributed by atoms with E-state index in [0.29, 0.717) is 12.4 Å². The molecule has 0 aliphatic carbocycles. The first-order valence-electron chi connectivity index (χ1n) is 7.56. The molecule has 124 valence electrons. The van der Waals surface area contributed by atoms with Gasteiger partial charge in [-0.25, -0.2) is 14.5 Å². The molecule has 0 unspecified atom stereocenters. The maximum atomic E-state index is 12.4. The third-order valence-corrected chi connectivity index (χ3v) is 3.83. The van der Waals surface area contributed by atoms with Gasteiger partial charge in [-0.3, -0.25) is 9.36 Å². The molecule has 0 saturated carbocycles. The first kappa shape index (κ1) is 15.9. The number of rotatable bonds is 3. The van der Waals surface area contributed by atoms with Crippen LogP contribution in [0, 0.1) is 0 Å². The van der Waals surface area contributed by atoms with Crippen molar-refractivity contribution in [2.45, 2.75) is 13.5 Å². The zero-order valence-corrected chi connectivity index (χ0v) is 14.0. The molecule has 3 rings (SSSR count). The largest absolute Gasteiger partial charge is 0.378 e. The molecule has 0 radical (unpaired) electrons. The highest BCUT2D eigenvalue weighted by atomic mass is 16.2. The van der Waals surface area contributed by atoms with Crippen molar-refractivity contribution in [2.24, 2.45) is 7.05 Å². The average molecular weight is 326 g/mol. The second-order valence-electron chi connectivity index (χ2n) is 5.62. The van der Waals surface area contributed by atoms with Gasteiger partial charge < -0.3 is 4.90 Å². The minimum absolute atomic E-state index is 0.139. The van der Waals surface area contributed by atoms with Crippen LogP contribution in [0.5, 0.6) is 0 Å². The van der Waals surface area contributed by atoms with Crippen molar-refractivity contribution in [1.29, 1.82) is 0 Å². The lowest BCUT2D eigenvalue weighted by atomic mass is 10.2. The fourth-order valence-electron chi connectivity index (χ4n) is 2.38. The van der Waals surface area contributed by atoms with E-state index in [1.165, 1.54) is 11.7 Å². The minimum Gasteiger partial charge on any atom is -0.378 e. The normalized spacial score (nSPS) is 11.0. The lowest BCUT2D eigenvalue weighted by Crippen LogP contribution is -2.37. The number of nitrogens with zero attached hydrogens (tertiary/aromatic N) is 6. The lowest BCUT2D eigenvalue weighted by molar-refractivity contribution is 0.612. The Kier molecular flexibility index (Phi) is 3.88. The Balaban J connectivity index is 2.24. The SMILES string of the molecule is CCn1nc(-c2ccc(N(C)C)cc2)nc2c(=O)n(C)c(=O)nc1-2. The molecule has 0 amide bonds. The van der Waals surface area contributed by atoms with Crippen molar-refractivity contribution in [3.63, 3.8) is 0 Å². The predicted octanol–water partition coefficient (Wildman–Crippen LogP) is 0.590. The molecule has 0 spiro atoms. The van der Waals surface area contributed by atoms with E-state index in [1.807, 2.05) is 50.2 Å². The second kappa shape index (κ2) is 5.88. The summed E-state index contributed by atoms with van der Waals surface area (Å²) in [5, 5.41) is 4.42. The van der Waals surface area contributed by atoms with E-state index in [9.17, 15) is 9.59 Å². The number of anilines is 1. The third-order valence-electron chi connectivity index (χ3n) is 3.83. The molecule has 8 heteroatoms. The summed E-state index contributed by atoms with van der Waals surface area (Å²) in [7, 11) is 5.31. The summed E-state index contributed by atoms with van der Waals surface area (Å²) < 4.78 is 2.48. The van der Waals surface area contributed by atoms with Crippen LogP contribution >= 0.6 is 0 Å². The van der Waals surface area contributed by atoms with Gasteiger partial charge in [0.2, 0.25) is 0 Å². The molecule has 2 heterocycles. The number of hydrogen-bond donors (Lipinski definition) is 0. The Labute approximate surface area is 138 Å². The molecular weight excluding hydrogens is 308 g/mol. The van der Waals surface area contributed by atoms with Crippen LogP contribution in [-0.4, -0.2) is 38.4 Å². The molecule has 0 atom stereocenters. The van der Waals surface area contributed by atoms with Gasteiger partial charge in [-0.1, -0.05) is 0 Å². The summed E-state index contributed by atoms with van der Waals surface area (Å²) in [5.41, 5.74) is 0.900. The van der Waals surface area contributed by atoms with Gasteiger partial charge in [-0.05, 0) is 31.2 Å². The van der Waals surface area contributed by atoms with Gasteiger partial charge in [0.05, 0.1) is 0 Å². The van der Waals surface area contributed by atoms with Crippen molar-refractivity contribution in [1.82, 2.24) is 24.3 Å². The smallest absolute Gasteiger partial charge is 0.352 e. The van der Waals surface area contributed by atoms with Gasteiger partial charge in [0.1, 0.15) is 0 Å². The van der Waals surface area contributed by atoms with E-state index in [-0.39, 0.29) is 11.5 Å². The highest BCUT2D eigenvalue weighted by molar-refractivity contribution is 5.62. The monoisotopic (exact) mass is 326 g/mol. The molecule has 0 fully saturated rings. The Bertz CT molecular complexity index is 971. The van der Waals surface area contributed by atoms with Crippen LogP contribution in [0.4, 0.5) is 5.69 Å². The number of aromatic nitrogens is 5. The molecule has 24 heavy (non-hydrogen) atoms. The summed E-state index contributed by atoms with van der Waals surface area (Å²) in [4.78, 5) is 34.4. The number of hydrogen-bond acceptors (Lipinski definition) is 6. The van der Waals surface area contributed by atoms with Gasteiger partial charge in [0, 0.05) is 38.9 Å². The zero-order chi connectivity index (χ0) is 17.4. The van der Waals surface area contributed by atoms with Crippen LogP contribution in [0.2, 0.25) is 0 Å². The first-order valence-corrected chi connectivity index (χ1v) is 7.56. The van der Waals surface area contributed by atoms with Gasteiger partial charge in [-0.2, -0.15) is 10.1 Å². The van der Waals surface area contributed by atoms with Crippen molar-refractivity contribution in [2.75, 3.05) is 19.0 Å². The topological polar surface area (TPSA) is 85.9 Å².